The van der Waals surface area contributed by atoms with Crippen molar-refractivity contribution in [2.24, 2.45) is 0 Å². The van der Waals surface area contributed by atoms with E-state index >= 15 is 0 Å². The highest BCUT2D eigenvalue weighted by Crippen LogP contribution is 2.18. The Hall–Kier alpha value is -2.00. The molecule has 0 bridgehead atoms. The standard InChI is InChI=1S/C18H18B2Cl2N6O2/c19-11-7-10(12(20)14(22)13(11)21)8-23-18-25-16-15(17(29)26-18)28(9-24-16)2-1-27-3-5-30-6-4-27/h7,9H,1-6,8H2,(H2,23,25,26,29). The second-order valence-electron chi connectivity index (χ2n) is 7.00. The number of nitrogens with one attached hydrogen (secondary N) is 2. The molecule has 1 saturated heterocycles. The number of rotatable bonds is 6. The number of H-pyrrole nitrogens is 1. The molecule has 1 fully saturated rings. The smallest absolute Gasteiger partial charge is 0.278 e. The number of imidazole rings is 1. The minimum atomic E-state index is -0.274. The number of anilines is 1. The van der Waals surface area contributed by atoms with E-state index in [1.807, 2.05) is 4.57 Å². The molecule has 1 aliphatic rings. The lowest BCUT2D eigenvalue weighted by molar-refractivity contribution is 0.0365. The molecule has 3 aromatic rings. The second-order valence-corrected chi connectivity index (χ2v) is 7.75. The first-order valence-electron chi connectivity index (χ1n) is 9.45. The van der Waals surface area contributed by atoms with Gasteiger partial charge in [0.25, 0.3) is 5.56 Å². The fourth-order valence-corrected chi connectivity index (χ4v) is 3.74. The molecule has 30 heavy (non-hydrogen) atoms. The first-order valence-corrected chi connectivity index (χ1v) is 10.2. The third-order valence-corrected chi connectivity index (χ3v) is 5.95. The van der Waals surface area contributed by atoms with Crippen LogP contribution in [0.15, 0.2) is 17.2 Å². The minimum Gasteiger partial charge on any atom is -0.379 e. The molecule has 0 aliphatic carbocycles. The van der Waals surface area contributed by atoms with Crippen LogP contribution in [0.5, 0.6) is 0 Å². The van der Waals surface area contributed by atoms with E-state index in [-0.39, 0.29) is 28.1 Å². The third-order valence-electron chi connectivity index (χ3n) is 5.05. The zero-order chi connectivity index (χ0) is 21.3. The van der Waals surface area contributed by atoms with Crippen LogP contribution in [0.2, 0.25) is 10.0 Å². The van der Waals surface area contributed by atoms with Crippen molar-refractivity contribution < 1.29 is 4.74 Å². The fraction of sp³-hybridized carbons (Fsp3) is 0.389. The monoisotopic (exact) mass is 442 g/mol. The van der Waals surface area contributed by atoms with Crippen molar-refractivity contribution in [2.45, 2.75) is 13.1 Å². The SMILES string of the molecule is [B]c1cc(CNc2nc3ncn(CCN4CCOCC4)c3c(=O)[nH]2)c([B])c(Cl)c1Cl. The largest absolute Gasteiger partial charge is 0.379 e. The summed E-state index contributed by atoms with van der Waals surface area (Å²) in [4.78, 5) is 26.4. The number of benzene rings is 1. The van der Waals surface area contributed by atoms with Crippen molar-refractivity contribution in [1.82, 2.24) is 24.4 Å². The fourth-order valence-electron chi connectivity index (χ4n) is 3.35. The normalized spacial score (nSPS) is 15.0. The van der Waals surface area contributed by atoms with E-state index in [4.69, 9.17) is 43.6 Å². The maximum Gasteiger partial charge on any atom is 0.278 e. The molecule has 0 spiro atoms. The Bertz CT molecular complexity index is 1130. The molecule has 4 rings (SSSR count). The third kappa shape index (κ3) is 4.37. The maximum absolute atomic E-state index is 12.7. The Morgan fingerprint density at radius 3 is 2.73 bits per heavy atom. The molecular formula is C18H18B2Cl2N6O2. The molecule has 2 N–H and O–H groups in total. The van der Waals surface area contributed by atoms with E-state index in [1.54, 1.807) is 12.4 Å². The van der Waals surface area contributed by atoms with E-state index in [2.05, 4.69) is 25.2 Å². The van der Waals surface area contributed by atoms with Gasteiger partial charge in [-0.2, -0.15) is 4.98 Å². The molecule has 12 heteroatoms. The zero-order valence-electron chi connectivity index (χ0n) is 16.1. The van der Waals surface area contributed by atoms with Gasteiger partial charge in [0.2, 0.25) is 5.95 Å². The quantitative estimate of drug-likeness (QED) is 0.521. The lowest BCUT2D eigenvalue weighted by atomic mass is 9.84. The molecule has 3 heterocycles. The van der Waals surface area contributed by atoms with Crippen molar-refractivity contribution >= 4 is 66.9 Å². The van der Waals surface area contributed by atoms with Crippen LogP contribution < -0.4 is 21.8 Å². The van der Waals surface area contributed by atoms with Gasteiger partial charge in [0.05, 0.1) is 29.6 Å². The summed E-state index contributed by atoms with van der Waals surface area (Å²) >= 11 is 12.1. The average molecular weight is 443 g/mol. The lowest BCUT2D eigenvalue weighted by Gasteiger charge is -2.26. The summed E-state index contributed by atoms with van der Waals surface area (Å²) in [7, 11) is 11.8. The van der Waals surface area contributed by atoms with Gasteiger partial charge in [0, 0.05) is 32.7 Å². The van der Waals surface area contributed by atoms with Crippen LogP contribution in [0.1, 0.15) is 5.56 Å². The first kappa shape index (κ1) is 21.2. The van der Waals surface area contributed by atoms with Gasteiger partial charge in [-0.25, -0.2) is 4.98 Å². The maximum atomic E-state index is 12.7. The zero-order valence-corrected chi connectivity index (χ0v) is 17.6. The van der Waals surface area contributed by atoms with E-state index in [9.17, 15) is 4.79 Å². The number of ether oxygens (including phenoxy) is 1. The predicted molar refractivity (Wildman–Crippen MR) is 120 cm³/mol. The molecule has 1 aromatic carbocycles. The van der Waals surface area contributed by atoms with Crippen LogP contribution in [-0.2, 0) is 17.8 Å². The number of aromatic nitrogens is 4. The van der Waals surface area contributed by atoms with Gasteiger partial charge in [0.1, 0.15) is 15.7 Å². The Morgan fingerprint density at radius 2 is 1.97 bits per heavy atom. The summed E-state index contributed by atoms with van der Waals surface area (Å²) in [5, 5.41) is 3.44. The molecule has 2 aromatic heterocycles. The highest BCUT2D eigenvalue weighted by molar-refractivity contribution is 6.55. The Balaban J connectivity index is 1.49. The number of fused-ring (bicyclic) bond motifs is 1. The summed E-state index contributed by atoms with van der Waals surface area (Å²) in [5.41, 5.74) is 1.81. The molecule has 0 amide bonds. The van der Waals surface area contributed by atoms with Crippen LogP contribution in [0.4, 0.5) is 5.95 Å². The number of aromatic amines is 1. The summed E-state index contributed by atoms with van der Waals surface area (Å²) in [6, 6.07) is 1.63. The van der Waals surface area contributed by atoms with E-state index in [0.717, 1.165) is 32.8 Å². The first-order chi connectivity index (χ1) is 14.4. The van der Waals surface area contributed by atoms with Gasteiger partial charge in [-0.15, -0.1) is 0 Å². The highest BCUT2D eigenvalue weighted by atomic mass is 35.5. The van der Waals surface area contributed by atoms with Gasteiger partial charge >= 0.3 is 0 Å². The van der Waals surface area contributed by atoms with Crippen LogP contribution in [0.25, 0.3) is 11.2 Å². The molecule has 152 valence electrons. The van der Waals surface area contributed by atoms with E-state index in [0.29, 0.717) is 34.2 Å². The van der Waals surface area contributed by atoms with Crippen molar-refractivity contribution in [3.8, 4) is 0 Å². The number of hydrogen-bond donors (Lipinski definition) is 2. The van der Waals surface area contributed by atoms with Crippen molar-refractivity contribution in [1.29, 1.82) is 0 Å². The van der Waals surface area contributed by atoms with E-state index < -0.39 is 0 Å². The molecule has 1 aliphatic heterocycles. The number of nitrogens with zero attached hydrogens (tertiary/aromatic N) is 4. The van der Waals surface area contributed by atoms with Crippen LogP contribution in [-0.4, -0.2) is 73.0 Å². The van der Waals surface area contributed by atoms with Crippen LogP contribution in [0, 0.1) is 0 Å². The van der Waals surface area contributed by atoms with Crippen molar-refractivity contribution in [3.63, 3.8) is 0 Å². The Morgan fingerprint density at radius 1 is 1.20 bits per heavy atom. The number of morpholine rings is 1. The molecule has 0 unspecified atom stereocenters. The average Bonchev–Trinajstić information content (AvgIpc) is 3.16. The minimum absolute atomic E-state index is 0.199. The van der Waals surface area contributed by atoms with Crippen LogP contribution >= 0.6 is 23.2 Å². The summed E-state index contributed by atoms with van der Waals surface area (Å²) in [5.74, 6) is 0.273. The molecule has 0 saturated carbocycles. The summed E-state index contributed by atoms with van der Waals surface area (Å²) in [6.45, 7) is 4.95. The van der Waals surface area contributed by atoms with Gasteiger partial charge in [-0.05, 0) is 5.56 Å². The molecule has 0 atom stereocenters. The summed E-state index contributed by atoms with van der Waals surface area (Å²) in [6.07, 6.45) is 1.63. The van der Waals surface area contributed by atoms with E-state index in [1.165, 1.54) is 0 Å². The van der Waals surface area contributed by atoms with Crippen molar-refractivity contribution in [2.75, 3.05) is 38.2 Å². The predicted octanol–water partition coefficient (Wildman–Crippen LogP) is -0.0417. The molecule has 4 radical (unpaired) electrons. The Kier molecular flexibility index (Phi) is 6.38. The van der Waals surface area contributed by atoms with Gasteiger partial charge < -0.3 is 14.6 Å². The Labute approximate surface area is 185 Å². The number of halogens is 2. The molecule has 8 nitrogen and oxygen atoms in total. The summed E-state index contributed by atoms with van der Waals surface area (Å²) < 4.78 is 7.18. The second kappa shape index (κ2) is 9.01. The topological polar surface area (TPSA) is 88.1 Å². The van der Waals surface area contributed by atoms with Crippen molar-refractivity contribution in [3.05, 3.63) is 38.4 Å². The lowest BCUT2D eigenvalue weighted by Crippen LogP contribution is -2.38. The number of hydrogen-bond acceptors (Lipinski definition) is 6. The highest BCUT2D eigenvalue weighted by Gasteiger charge is 2.14. The van der Waals surface area contributed by atoms with Gasteiger partial charge in [-0.1, -0.05) is 40.2 Å². The molecular weight excluding hydrogens is 425 g/mol. The van der Waals surface area contributed by atoms with Gasteiger partial charge in [-0.3, -0.25) is 14.7 Å². The van der Waals surface area contributed by atoms with Gasteiger partial charge in [0.15, 0.2) is 11.2 Å². The van der Waals surface area contributed by atoms with Crippen LogP contribution in [0.3, 0.4) is 0 Å².